The maximum Gasteiger partial charge on any atom is 0.243 e. The highest BCUT2D eigenvalue weighted by atomic mass is 19.1. The number of nitrogens with zero attached hydrogens (tertiary/aromatic N) is 1. The molecule has 80 valence electrons. The summed E-state index contributed by atoms with van der Waals surface area (Å²) in [6.45, 7) is 1.33. The molecule has 15 heavy (non-hydrogen) atoms. The first-order valence-corrected chi connectivity index (χ1v) is 4.75. The molecule has 0 spiro atoms. The van der Waals surface area contributed by atoms with E-state index in [4.69, 9.17) is 5.73 Å². The van der Waals surface area contributed by atoms with Gasteiger partial charge in [0.1, 0.15) is 5.82 Å². The number of rotatable bonds is 2. The summed E-state index contributed by atoms with van der Waals surface area (Å²) in [4.78, 5) is 13.1. The minimum absolute atomic E-state index is 0.137. The van der Waals surface area contributed by atoms with Gasteiger partial charge in [0.05, 0.1) is 17.9 Å². The molecule has 0 aromatic heterocycles. The third-order valence-corrected chi connectivity index (χ3v) is 2.31. The van der Waals surface area contributed by atoms with Crippen molar-refractivity contribution in [1.82, 2.24) is 0 Å². The van der Waals surface area contributed by atoms with Crippen LogP contribution >= 0.6 is 0 Å². The Kier molecular flexibility index (Phi) is 2.55. The van der Waals surface area contributed by atoms with E-state index in [1.54, 1.807) is 6.07 Å². The van der Waals surface area contributed by atoms with Crippen LogP contribution < -0.4 is 16.0 Å². The van der Waals surface area contributed by atoms with Crippen LogP contribution in [0.3, 0.4) is 0 Å². The Labute approximate surface area is 86.9 Å². The number of carbonyl (C=O) groups excluding carboxylic acids is 1. The van der Waals surface area contributed by atoms with Gasteiger partial charge < -0.3 is 16.0 Å². The molecule has 0 unspecified atom stereocenters. The minimum atomic E-state index is -0.358. The highest BCUT2D eigenvalue weighted by molar-refractivity contribution is 6.01. The van der Waals surface area contributed by atoms with Gasteiger partial charge in [-0.25, -0.2) is 4.39 Å². The Morgan fingerprint density at radius 3 is 3.07 bits per heavy atom. The van der Waals surface area contributed by atoms with Crippen molar-refractivity contribution >= 4 is 17.3 Å². The Balaban J connectivity index is 2.37. The van der Waals surface area contributed by atoms with E-state index in [9.17, 15) is 9.18 Å². The lowest BCUT2D eigenvalue weighted by molar-refractivity contribution is -0.115. The van der Waals surface area contributed by atoms with Gasteiger partial charge >= 0.3 is 0 Å². The van der Waals surface area contributed by atoms with Crippen LogP contribution in [0.2, 0.25) is 0 Å². The third-order valence-electron chi connectivity index (χ3n) is 2.31. The van der Waals surface area contributed by atoms with Crippen LogP contribution in [0, 0.1) is 5.82 Å². The van der Waals surface area contributed by atoms with Gasteiger partial charge in [0, 0.05) is 13.1 Å². The van der Waals surface area contributed by atoms with Crippen molar-refractivity contribution in [2.75, 3.05) is 29.9 Å². The molecule has 0 bridgehead atoms. The van der Waals surface area contributed by atoms with Crippen molar-refractivity contribution in [3.05, 3.63) is 24.0 Å². The van der Waals surface area contributed by atoms with Gasteiger partial charge in [0.15, 0.2) is 0 Å². The second-order valence-electron chi connectivity index (χ2n) is 3.42. The van der Waals surface area contributed by atoms with Gasteiger partial charge in [-0.05, 0) is 18.2 Å². The monoisotopic (exact) mass is 209 g/mol. The lowest BCUT2D eigenvalue weighted by Gasteiger charge is -2.30. The number of hydrogen-bond acceptors (Lipinski definition) is 3. The van der Waals surface area contributed by atoms with Crippen LogP contribution in [0.5, 0.6) is 0 Å². The second-order valence-corrected chi connectivity index (χ2v) is 3.42. The molecule has 1 aliphatic rings. The van der Waals surface area contributed by atoms with Crippen LogP contribution in [0.4, 0.5) is 15.8 Å². The summed E-state index contributed by atoms with van der Waals surface area (Å²) in [5.41, 5.74) is 6.78. The van der Waals surface area contributed by atoms with E-state index < -0.39 is 0 Å². The molecule has 1 heterocycles. The predicted octanol–water partition coefficient (Wildman–Crippen LogP) is 0.543. The average Bonchev–Trinajstić information content (AvgIpc) is 2.17. The van der Waals surface area contributed by atoms with E-state index in [2.05, 4.69) is 5.32 Å². The zero-order chi connectivity index (χ0) is 10.8. The van der Waals surface area contributed by atoms with Gasteiger partial charge in [-0.3, -0.25) is 4.79 Å². The Bertz CT molecular complexity index is 394. The topological polar surface area (TPSA) is 58.4 Å². The third kappa shape index (κ3) is 1.92. The molecule has 4 nitrogen and oxygen atoms in total. The molecule has 1 aliphatic heterocycles. The molecule has 1 aromatic rings. The zero-order valence-corrected chi connectivity index (χ0v) is 8.16. The van der Waals surface area contributed by atoms with Gasteiger partial charge in [-0.2, -0.15) is 0 Å². The van der Waals surface area contributed by atoms with E-state index in [1.165, 1.54) is 12.1 Å². The summed E-state index contributed by atoms with van der Waals surface area (Å²) in [6.07, 6.45) is 0. The first-order valence-electron chi connectivity index (χ1n) is 4.75. The van der Waals surface area contributed by atoms with Crippen molar-refractivity contribution in [2.24, 2.45) is 5.73 Å². The minimum Gasteiger partial charge on any atom is -0.359 e. The number of benzene rings is 1. The fourth-order valence-corrected chi connectivity index (χ4v) is 1.69. The average molecular weight is 209 g/mol. The number of nitrogens with one attached hydrogen (secondary N) is 1. The number of halogens is 1. The fourth-order valence-electron chi connectivity index (χ4n) is 1.69. The molecular formula is C10H12FN3O. The van der Waals surface area contributed by atoms with Crippen molar-refractivity contribution in [3.63, 3.8) is 0 Å². The van der Waals surface area contributed by atoms with E-state index in [0.29, 0.717) is 18.8 Å². The maximum absolute atomic E-state index is 12.9. The summed E-state index contributed by atoms with van der Waals surface area (Å²) >= 11 is 0. The predicted molar refractivity (Wildman–Crippen MR) is 56.3 cm³/mol. The molecular weight excluding hydrogens is 197 g/mol. The van der Waals surface area contributed by atoms with Gasteiger partial charge in [0.2, 0.25) is 5.91 Å². The van der Waals surface area contributed by atoms with Crippen molar-refractivity contribution in [3.8, 4) is 0 Å². The summed E-state index contributed by atoms with van der Waals surface area (Å²) in [7, 11) is 0. The highest BCUT2D eigenvalue weighted by Gasteiger charge is 2.21. The van der Waals surface area contributed by atoms with E-state index >= 15 is 0 Å². The number of hydrogen-bond donors (Lipinski definition) is 2. The lowest BCUT2D eigenvalue weighted by atomic mass is 10.2. The molecule has 0 radical (unpaired) electrons. The standard InChI is InChI=1S/C10H12FN3O/c11-7-1-2-9-8(5-7)13-10(15)6-14(9)4-3-12/h1-2,5H,3-4,6,12H2,(H,13,15). The van der Waals surface area contributed by atoms with E-state index in [0.717, 1.165) is 5.69 Å². The first kappa shape index (κ1) is 9.92. The van der Waals surface area contributed by atoms with Crippen molar-refractivity contribution in [2.45, 2.75) is 0 Å². The van der Waals surface area contributed by atoms with Gasteiger partial charge in [-0.1, -0.05) is 0 Å². The normalized spacial score (nSPS) is 14.8. The molecule has 1 aromatic carbocycles. The molecule has 2 rings (SSSR count). The second kappa shape index (κ2) is 3.86. The molecule has 0 aliphatic carbocycles. The zero-order valence-electron chi connectivity index (χ0n) is 8.16. The number of carbonyl (C=O) groups is 1. The highest BCUT2D eigenvalue weighted by Crippen LogP contribution is 2.29. The Hall–Kier alpha value is -1.62. The Morgan fingerprint density at radius 2 is 2.33 bits per heavy atom. The molecule has 0 saturated heterocycles. The van der Waals surface area contributed by atoms with Crippen LogP contribution in [0.15, 0.2) is 18.2 Å². The summed E-state index contributed by atoms with van der Waals surface area (Å²) in [5.74, 6) is -0.495. The summed E-state index contributed by atoms with van der Waals surface area (Å²) in [5, 5.41) is 2.63. The smallest absolute Gasteiger partial charge is 0.243 e. The summed E-state index contributed by atoms with van der Waals surface area (Å²) in [6, 6.07) is 4.34. The van der Waals surface area contributed by atoms with Crippen LogP contribution in [-0.2, 0) is 4.79 Å². The van der Waals surface area contributed by atoms with Gasteiger partial charge in [0.25, 0.3) is 0 Å². The van der Waals surface area contributed by atoms with Crippen LogP contribution in [0.1, 0.15) is 0 Å². The first-order chi connectivity index (χ1) is 7.20. The van der Waals surface area contributed by atoms with Crippen molar-refractivity contribution in [1.29, 1.82) is 0 Å². The molecule has 5 heteroatoms. The SMILES string of the molecule is NCCN1CC(=O)Nc2cc(F)ccc21. The number of amides is 1. The summed E-state index contributed by atoms with van der Waals surface area (Å²) < 4.78 is 12.9. The Morgan fingerprint density at radius 1 is 1.53 bits per heavy atom. The van der Waals surface area contributed by atoms with E-state index in [1.807, 2.05) is 4.90 Å². The molecule has 3 N–H and O–H groups in total. The number of anilines is 2. The van der Waals surface area contributed by atoms with Crippen molar-refractivity contribution < 1.29 is 9.18 Å². The molecule has 0 saturated carbocycles. The molecule has 1 amide bonds. The largest absolute Gasteiger partial charge is 0.359 e. The van der Waals surface area contributed by atoms with Crippen LogP contribution in [-0.4, -0.2) is 25.5 Å². The molecule has 0 fully saturated rings. The fraction of sp³-hybridized carbons (Fsp3) is 0.300. The number of fused-ring (bicyclic) bond motifs is 1. The van der Waals surface area contributed by atoms with Gasteiger partial charge in [-0.15, -0.1) is 0 Å². The number of nitrogens with two attached hydrogens (primary N) is 1. The molecule has 0 atom stereocenters. The van der Waals surface area contributed by atoms with E-state index in [-0.39, 0.29) is 18.3 Å². The lowest BCUT2D eigenvalue weighted by Crippen LogP contribution is -2.40. The van der Waals surface area contributed by atoms with Crippen LogP contribution in [0.25, 0.3) is 0 Å². The quantitative estimate of drug-likeness (QED) is 0.747. The maximum atomic E-state index is 12.9.